The first-order valence-electron chi connectivity index (χ1n) is 6.13. The fourth-order valence-corrected chi connectivity index (χ4v) is 2.31. The van der Waals surface area contributed by atoms with Crippen LogP contribution in [-0.2, 0) is 0 Å². The van der Waals surface area contributed by atoms with Gasteiger partial charge >= 0.3 is 0 Å². The Bertz CT molecular complexity index is 841. The summed E-state index contributed by atoms with van der Waals surface area (Å²) in [5.74, 6) is -0.0525. The van der Waals surface area contributed by atoms with Crippen molar-refractivity contribution in [3.05, 3.63) is 65.7 Å². The highest BCUT2D eigenvalue weighted by molar-refractivity contribution is 6.07. The Hall–Kier alpha value is -3.06. The number of nitrogen functional groups attached to an aromatic ring is 1. The van der Waals surface area contributed by atoms with Crippen molar-refractivity contribution in [3.63, 3.8) is 0 Å². The molecule has 0 amide bonds. The van der Waals surface area contributed by atoms with Crippen LogP contribution in [0, 0.1) is 11.3 Å². The van der Waals surface area contributed by atoms with E-state index in [-0.39, 0.29) is 11.7 Å². The number of anilines is 1. The molecule has 0 fully saturated rings. The van der Waals surface area contributed by atoms with Gasteiger partial charge < -0.3 is 5.73 Å². The molecule has 3 rings (SSSR count). The van der Waals surface area contributed by atoms with E-state index < -0.39 is 0 Å². The van der Waals surface area contributed by atoms with Gasteiger partial charge in [0.1, 0.15) is 17.5 Å². The van der Waals surface area contributed by atoms with Crippen LogP contribution >= 0.6 is 0 Å². The zero-order chi connectivity index (χ0) is 14.1. The lowest BCUT2D eigenvalue weighted by atomic mass is 10.2. The third-order valence-corrected chi connectivity index (χ3v) is 3.25. The van der Waals surface area contributed by atoms with Crippen LogP contribution in [0.3, 0.4) is 0 Å². The van der Waals surface area contributed by atoms with Crippen molar-refractivity contribution in [2.45, 2.75) is 0 Å². The van der Waals surface area contributed by atoms with Crippen LogP contribution in [0.2, 0.25) is 0 Å². The summed E-state index contributed by atoms with van der Waals surface area (Å²) in [6, 6.07) is 18.2. The summed E-state index contributed by atoms with van der Waals surface area (Å²) in [5, 5.41) is 9.92. The van der Waals surface area contributed by atoms with Crippen molar-refractivity contribution in [3.8, 4) is 6.07 Å². The maximum absolute atomic E-state index is 12.6. The summed E-state index contributed by atoms with van der Waals surface area (Å²) in [7, 11) is 0. The second kappa shape index (κ2) is 4.56. The molecule has 96 valence electrons. The number of hydrogen-bond donors (Lipinski definition) is 1. The molecule has 2 N–H and O–H groups in total. The fourth-order valence-electron chi connectivity index (χ4n) is 2.31. The predicted octanol–water partition coefficient (Wildman–Crippen LogP) is 2.78. The van der Waals surface area contributed by atoms with E-state index in [4.69, 9.17) is 5.73 Å². The summed E-state index contributed by atoms with van der Waals surface area (Å²) in [5.41, 5.74) is 7.50. The van der Waals surface area contributed by atoms with Gasteiger partial charge in [-0.15, -0.1) is 0 Å². The first kappa shape index (κ1) is 12.0. The summed E-state index contributed by atoms with van der Waals surface area (Å²) < 4.78 is 1.39. The van der Waals surface area contributed by atoms with E-state index in [1.54, 1.807) is 36.4 Å². The van der Waals surface area contributed by atoms with Crippen molar-refractivity contribution < 1.29 is 4.79 Å². The fraction of sp³-hybridized carbons (Fsp3) is 0. The Morgan fingerprint density at radius 1 is 1.05 bits per heavy atom. The molecule has 0 unspecified atom stereocenters. The lowest BCUT2D eigenvalue weighted by Crippen LogP contribution is -2.14. The minimum Gasteiger partial charge on any atom is -0.384 e. The normalized spacial score (nSPS) is 10.3. The van der Waals surface area contributed by atoms with Gasteiger partial charge in [-0.05, 0) is 18.2 Å². The Morgan fingerprint density at radius 2 is 1.70 bits per heavy atom. The molecule has 2 aromatic carbocycles. The Labute approximate surface area is 115 Å². The van der Waals surface area contributed by atoms with Crippen molar-refractivity contribution in [2.24, 2.45) is 0 Å². The number of benzene rings is 2. The number of para-hydroxylation sites is 1. The molecule has 1 aromatic heterocycles. The SMILES string of the molecule is N#Cc1c(N)n(C(=O)c2ccccc2)c2ccccc12. The number of carbonyl (C=O) groups is 1. The van der Waals surface area contributed by atoms with Crippen LogP contribution in [0.1, 0.15) is 15.9 Å². The first-order valence-corrected chi connectivity index (χ1v) is 6.13. The summed E-state index contributed by atoms with van der Waals surface area (Å²) in [6.07, 6.45) is 0. The molecule has 4 heteroatoms. The van der Waals surface area contributed by atoms with E-state index in [1.807, 2.05) is 18.2 Å². The Morgan fingerprint density at radius 3 is 2.40 bits per heavy atom. The minimum absolute atomic E-state index is 0.183. The van der Waals surface area contributed by atoms with Gasteiger partial charge in [0.15, 0.2) is 0 Å². The van der Waals surface area contributed by atoms with E-state index in [9.17, 15) is 10.1 Å². The van der Waals surface area contributed by atoms with Gasteiger partial charge in [-0.3, -0.25) is 9.36 Å². The van der Waals surface area contributed by atoms with Crippen molar-refractivity contribution in [1.29, 1.82) is 5.26 Å². The number of nitrogens with two attached hydrogens (primary N) is 1. The van der Waals surface area contributed by atoms with Crippen molar-refractivity contribution in [1.82, 2.24) is 4.57 Å². The number of nitriles is 1. The molecule has 0 radical (unpaired) electrons. The van der Waals surface area contributed by atoms with Crippen LogP contribution in [0.4, 0.5) is 5.82 Å². The van der Waals surface area contributed by atoms with Gasteiger partial charge in [0.2, 0.25) is 0 Å². The van der Waals surface area contributed by atoms with Crippen LogP contribution < -0.4 is 5.73 Å². The number of fused-ring (bicyclic) bond motifs is 1. The van der Waals surface area contributed by atoms with Crippen LogP contribution in [-0.4, -0.2) is 10.5 Å². The van der Waals surface area contributed by atoms with Crippen LogP contribution in [0.25, 0.3) is 10.9 Å². The molecule has 0 saturated carbocycles. The molecule has 0 aliphatic rings. The van der Waals surface area contributed by atoms with Gasteiger partial charge in [0.25, 0.3) is 5.91 Å². The van der Waals surface area contributed by atoms with Crippen molar-refractivity contribution >= 4 is 22.6 Å². The third kappa shape index (κ3) is 1.65. The van der Waals surface area contributed by atoms with Gasteiger partial charge in [0, 0.05) is 10.9 Å². The van der Waals surface area contributed by atoms with Gasteiger partial charge in [0.05, 0.1) is 5.52 Å². The monoisotopic (exact) mass is 261 g/mol. The number of hydrogen-bond acceptors (Lipinski definition) is 3. The first-order chi connectivity index (χ1) is 9.74. The maximum atomic E-state index is 12.6. The average molecular weight is 261 g/mol. The molecule has 0 aliphatic heterocycles. The highest BCUT2D eigenvalue weighted by atomic mass is 16.2. The molecular weight excluding hydrogens is 250 g/mol. The van der Waals surface area contributed by atoms with Crippen LogP contribution in [0.15, 0.2) is 54.6 Å². The van der Waals surface area contributed by atoms with E-state index in [0.717, 1.165) is 0 Å². The van der Waals surface area contributed by atoms with E-state index in [0.29, 0.717) is 22.0 Å². The molecule has 3 aromatic rings. The molecule has 0 spiro atoms. The lowest BCUT2D eigenvalue weighted by Gasteiger charge is -2.06. The van der Waals surface area contributed by atoms with Crippen LogP contribution in [0.5, 0.6) is 0 Å². The standard InChI is InChI=1S/C16H11N3O/c17-10-13-12-8-4-5-9-14(12)19(15(13)18)16(20)11-6-2-1-3-7-11/h1-9H,18H2. The molecule has 0 aliphatic carbocycles. The highest BCUT2D eigenvalue weighted by Crippen LogP contribution is 2.28. The Kier molecular flexibility index (Phi) is 2.73. The maximum Gasteiger partial charge on any atom is 0.264 e. The average Bonchev–Trinajstić information content (AvgIpc) is 2.79. The zero-order valence-electron chi connectivity index (χ0n) is 10.6. The van der Waals surface area contributed by atoms with Gasteiger partial charge in [-0.1, -0.05) is 36.4 Å². The smallest absolute Gasteiger partial charge is 0.264 e. The topological polar surface area (TPSA) is 71.8 Å². The minimum atomic E-state index is -0.235. The summed E-state index contributed by atoms with van der Waals surface area (Å²) in [4.78, 5) is 12.6. The van der Waals surface area contributed by atoms with Gasteiger partial charge in [-0.2, -0.15) is 5.26 Å². The van der Waals surface area contributed by atoms with E-state index in [1.165, 1.54) is 4.57 Å². The molecule has 0 atom stereocenters. The molecule has 0 saturated heterocycles. The molecule has 4 nitrogen and oxygen atoms in total. The second-order valence-corrected chi connectivity index (χ2v) is 4.40. The van der Waals surface area contributed by atoms with E-state index >= 15 is 0 Å². The van der Waals surface area contributed by atoms with E-state index in [2.05, 4.69) is 6.07 Å². The Balaban J connectivity index is 2.30. The third-order valence-electron chi connectivity index (χ3n) is 3.25. The van der Waals surface area contributed by atoms with Crippen molar-refractivity contribution in [2.75, 3.05) is 5.73 Å². The lowest BCUT2D eigenvalue weighted by molar-refractivity contribution is 0.0967. The predicted molar refractivity (Wildman–Crippen MR) is 77.2 cm³/mol. The molecular formula is C16H11N3O. The summed E-state index contributed by atoms with van der Waals surface area (Å²) in [6.45, 7) is 0. The quantitative estimate of drug-likeness (QED) is 0.732. The number of aromatic nitrogens is 1. The largest absolute Gasteiger partial charge is 0.384 e. The summed E-state index contributed by atoms with van der Waals surface area (Å²) >= 11 is 0. The number of carbonyl (C=O) groups excluding carboxylic acids is 1. The molecule has 0 bridgehead atoms. The zero-order valence-corrected chi connectivity index (χ0v) is 10.6. The highest BCUT2D eigenvalue weighted by Gasteiger charge is 2.19. The van der Waals surface area contributed by atoms with Gasteiger partial charge in [-0.25, -0.2) is 0 Å². The number of nitrogens with zero attached hydrogens (tertiary/aromatic N) is 2. The molecule has 20 heavy (non-hydrogen) atoms. The number of rotatable bonds is 1. The second-order valence-electron chi connectivity index (χ2n) is 4.40. The molecule has 1 heterocycles.